The smallest absolute Gasteiger partial charge is 0.375 e. The van der Waals surface area contributed by atoms with Crippen LogP contribution in [-0.2, 0) is 9.59 Å². The Bertz CT molecular complexity index is 130. The maximum absolute atomic E-state index is 10.1. The average molecular weight is 152 g/mol. The third-order valence-corrected chi connectivity index (χ3v) is 0.686. The molecule has 0 aromatic carbocycles. The van der Waals surface area contributed by atoms with Gasteiger partial charge in [-0.25, -0.2) is 4.79 Å². The fourth-order valence-electron chi connectivity index (χ4n) is 0.225. The molecule has 60 valence electrons. The van der Waals surface area contributed by atoms with Gasteiger partial charge in [0.05, 0.1) is 6.61 Å². The van der Waals surface area contributed by atoms with Gasteiger partial charge in [0, 0.05) is 0 Å². The number of aliphatic hydroxyl groups excluding tert-OH is 2. The SMILES string of the molecule is O.O=C(O)C(=O)C(O)CO. The van der Waals surface area contributed by atoms with Crippen molar-refractivity contribution < 1.29 is 30.4 Å². The first-order valence-electron chi connectivity index (χ1n) is 2.15. The van der Waals surface area contributed by atoms with Crippen molar-refractivity contribution in [2.45, 2.75) is 6.10 Å². The van der Waals surface area contributed by atoms with Crippen LogP contribution in [0.5, 0.6) is 0 Å². The third-order valence-electron chi connectivity index (χ3n) is 0.686. The summed E-state index contributed by atoms with van der Waals surface area (Å²) in [5.41, 5.74) is 0. The van der Waals surface area contributed by atoms with E-state index in [9.17, 15) is 9.59 Å². The van der Waals surface area contributed by atoms with Gasteiger partial charge in [0.2, 0.25) is 0 Å². The van der Waals surface area contributed by atoms with Gasteiger partial charge in [-0.2, -0.15) is 0 Å². The molecule has 0 spiro atoms. The van der Waals surface area contributed by atoms with Gasteiger partial charge in [-0.1, -0.05) is 0 Å². The third kappa shape index (κ3) is 3.13. The zero-order chi connectivity index (χ0) is 7.44. The van der Waals surface area contributed by atoms with E-state index in [0.717, 1.165) is 0 Å². The lowest BCUT2D eigenvalue weighted by Crippen LogP contribution is -2.30. The van der Waals surface area contributed by atoms with Gasteiger partial charge in [-0.3, -0.25) is 4.79 Å². The standard InChI is InChI=1S/C4H6O5.H2O/c5-1-2(6)3(7)4(8)9;/h2,5-6H,1H2,(H,8,9);1H2. The molecular formula is C4H8O6. The van der Waals surface area contributed by atoms with Crippen LogP contribution in [0.3, 0.4) is 0 Å². The molecule has 0 fully saturated rings. The minimum absolute atomic E-state index is 0. The van der Waals surface area contributed by atoms with Gasteiger partial charge >= 0.3 is 5.97 Å². The largest absolute Gasteiger partial charge is 0.475 e. The Balaban J connectivity index is 0. The van der Waals surface area contributed by atoms with Gasteiger partial charge in [0.1, 0.15) is 6.10 Å². The molecule has 0 aliphatic heterocycles. The topological polar surface area (TPSA) is 126 Å². The van der Waals surface area contributed by atoms with Gasteiger partial charge in [0.25, 0.3) is 5.78 Å². The number of hydrogen-bond acceptors (Lipinski definition) is 4. The summed E-state index contributed by atoms with van der Waals surface area (Å²) < 4.78 is 0. The van der Waals surface area contributed by atoms with E-state index in [0.29, 0.717) is 0 Å². The van der Waals surface area contributed by atoms with Crippen molar-refractivity contribution in [1.29, 1.82) is 0 Å². The number of rotatable bonds is 3. The van der Waals surface area contributed by atoms with Crippen LogP contribution in [0.15, 0.2) is 0 Å². The first kappa shape index (κ1) is 11.8. The molecular weight excluding hydrogens is 144 g/mol. The fraction of sp³-hybridized carbons (Fsp3) is 0.500. The summed E-state index contributed by atoms with van der Waals surface area (Å²) in [5, 5.41) is 24.2. The van der Waals surface area contributed by atoms with Crippen LogP contribution in [0.4, 0.5) is 0 Å². The highest BCUT2D eigenvalue weighted by atomic mass is 16.4. The minimum atomic E-state index is -1.79. The number of hydrogen-bond donors (Lipinski definition) is 3. The monoisotopic (exact) mass is 152 g/mol. The molecule has 10 heavy (non-hydrogen) atoms. The molecule has 0 radical (unpaired) electrons. The maximum atomic E-state index is 10.1. The van der Waals surface area contributed by atoms with E-state index in [4.69, 9.17) is 15.3 Å². The van der Waals surface area contributed by atoms with Crippen LogP contribution in [0.2, 0.25) is 0 Å². The lowest BCUT2D eigenvalue weighted by Gasteiger charge is -1.98. The summed E-state index contributed by atoms with van der Waals surface area (Å²) in [4.78, 5) is 19.7. The van der Waals surface area contributed by atoms with Crippen molar-refractivity contribution in [2.75, 3.05) is 6.61 Å². The number of aliphatic hydroxyl groups is 2. The average Bonchev–Trinajstić information content (AvgIpc) is 1.84. The molecule has 0 heterocycles. The Hall–Kier alpha value is -0.980. The van der Waals surface area contributed by atoms with Crippen LogP contribution in [0, 0.1) is 0 Å². The highest BCUT2D eigenvalue weighted by Gasteiger charge is 2.20. The quantitative estimate of drug-likeness (QED) is 0.375. The van der Waals surface area contributed by atoms with Crippen molar-refractivity contribution in [3.63, 3.8) is 0 Å². The number of ketones is 1. The molecule has 0 aliphatic carbocycles. The number of carbonyl (C=O) groups excluding carboxylic acids is 1. The Morgan fingerprint density at radius 3 is 1.90 bits per heavy atom. The zero-order valence-corrected chi connectivity index (χ0v) is 4.94. The van der Waals surface area contributed by atoms with Crippen LogP contribution in [0.25, 0.3) is 0 Å². The molecule has 1 unspecified atom stereocenters. The summed E-state index contributed by atoms with van der Waals surface area (Å²) >= 11 is 0. The first-order chi connectivity index (χ1) is 4.09. The number of Topliss-reactive ketones (excluding diaryl/α,β-unsaturated/α-hetero) is 1. The minimum Gasteiger partial charge on any atom is -0.475 e. The highest BCUT2D eigenvalue weighted by Crippen LogP contribution is 1.82. The van der Waals surface area contributed by atoms with E-state index in [1.54, 1.807) is 0 Å². The van der Waals surface area contributed by atoms with E-state index in [1.165, 1.54) is 0 Å². The van der Waals surface area contributed by atoms with Crippen LogP contribution in [-0.4, -0.2) is 45.3 Å². The summed E-state index contributed by atoms with van der Waals surface area (Å²) in [7, 11) is 0. The second kappa shape index (κ2) is 4.86. The number of carboxylic acid groups (broad SMARTS) is 1. The second-order valence-electron chi connectivity index (χ2n) is 1.37. The van der Waals surface area contributed by atoms with Crippen LogP contribution in [0.1, 0.15) is 0 Å². The van der Waals surface area contributed by atoms with Gasteiger partial charge in [-0.15, -0.1) is 0 Å². The molecule has 0 saturated heterocycles. The second-order valence-corrected chi connectivity index (χ2v) is 1.37. The molecule has 1 atom stereocenters. The Morgan fingerprint density at radius 1 is 1.40 bits per heavy atom. The summed E-state index contributed by atoms with van der Waals surface area (Å²) in [6, 6.07) is 0. The van der Waals surface area contributed by atoms with Crippen LogP contribution >= 0.6 is 0 Å². The predicted molar refractivity (Wildman–Crippen MR) is 29.3 cm³/mol. The zero-order valence-electron chi connectivity index (χ0n) is 4.94. The molecule has 0 amide bonds. The van der Waals surface area contributed by atoms with Crippen molar-refractivity contribution in [3.05, 3.63) is 0 Å². The van der Waals surface area contributed by atoms with Gasteiger partial charge in [-0.05, 0) is 0 Å². The molecule has 5 N–H and O–H groups in total. The molecule has 0 bridgehead atoms. The van der Waals surface area contributed by atoms with E-state index >= 15 is 0 Å². The lowest BCUT2D eigenvalue weighted by atomic mass is 10.2. The maximum Gasteiger partial charge on any atom is 0.375 e. The Morgan fingerprint density at radius 2 is 1.80 bits per heavy atom. The Labute approximate surface area is 56.0 Å². The van der Waals surface area contributed by atoms with E-state index < -0.39 is 24.5 Å². The highest BCUT2D eigenvalue weighted by molar-refractivity contribution is 6.34. The van der Waals surface area contributed by atoms with E-state index in [2.05, 4.69) is 0 Å². The normalized spacial score (nSPS) is 11.4. The molecule has 0 aromatic rings. The summed E-state index contributed by atoms with van der Waals surface area (Å²) in [6.45, 7) is -0.856. The molecule has 0 saturated carbocycles. The van der Waals surface area contributed by atoms with Crippen molar-refractivity contribution in [1.82, 2.24) is 0 Å². The molecule has 0 rings (SSSR count). The fourth-order valence-corrected chi connectivity index (χ4v) is 0.225. The first-order valence-corrected chi connectivity index (χ1v) is 2.15. The number of carbonyl (C=O) groups is 2. The van der Waals surface area contributed by atoms with E-state index in [-0.39, 0.29) is 5.48 Å². The molecule has 6 heteroatoms. The molecule has 6 nitrogen and oxygen atoms in total. The van der Waals surface area contributed by atoms with Crippen LogP contribution < -0.4 is 0 Å². The molecule has 0 aromatic heterocycles. The number of aliphatic carboxylic acids is 1. The molecule has 0 aliphatic rings. The summed E-state index contributed by atoms with van der Waals surface area (Å²) in [5.74, 6) is -3.13. The van der Waals surface area contributed by atoms with Gasteiger partial charge < -0.3 is 20.8 Å². The Kier molecular flexibility index (Phi) is 5.72. The van der Waals surface area contributed by atoms with Gasteiger partial charge in [0.15, 0.2) is 0 Å². The predicted octanol–water partition coefficient (Wildman–Crippen LogP) is -2.83. The lowest BCUT2D eigenvalue weighted by molar-refractivity contribution is -0.154. The van der Waals surface area contributed by atoms with Crippen molar-refractivity contribution in [3.8, 4) is 0 Å². The number of carboxylic acids is 1. The summed E-state index contributed by atoms with van der Waals surface area (Å²) in [6.07, 6.45) is -1.79. The van der Waals surface area contributed by atoms with E-state index in [1.807, 2.05) is 0 Å². The van der Waals surface area contributed by atoms with Crippen molar-refractivity contribution in [2.24, 2.45) is 0 Å². The van der Waals surface area contributed by atoms with Crippen molar-refractivity contribution >= 4 is 11.8 Å².